The highest BCUT2D eigenvalue weighted by molar-refractivity contribution is 6.30. The quantitative estimate of drug-likeness (QED) is 0.488. The van der Waals surface area contributed by atoms with Gasteiger partial charge in [0.25, 0.3) is 5.56 Å². The van der Waals surface area contributed by atoms with Crippen molar-refractivity contribution in [3.8, 4) is 11.5 Å². The molecule has 30 heavy (non-hydrogen) atoms. The standard InChI is InChI=1S/C21H15ClF2N4O2/c1-12-2-4-14(20-25-6-7-30-20)9-18(12)26-21-27-19(29)15(22)11-28(21)10-13-3-5-16(23)17(24)8-13/h2-9,11H,10H2,1H3,(H,26,27,29). The minimum atomic E-state index is -0.961. The van der Waals surface area contributed by atoms with Gasteiger partial charge in [-0.1, -0.05) is 23.7 Å². The summed E-state index contributed by atoms with van der Waals surface area (Å²) in [6.07, 6.45) is 4.42. The van der Waals surface area contributed by atoms with E-state index in [1.165, 1.54) is 18.5 Å². The van der Waals surface area contributed by atoms with Crippen molar-refractivity contribution < 1.29 is 13.2 Å². The van der Waals surface area contributed by atoms with Gasteiger partial charge in [-0.3, -0.25) is 4.79 Å². The smallest absolute Gasteiger partial charge is 0.293 e. The second-order valence-electron chi connectivity index (χ2n) is 6.59. The van der Waals surface area contributed by atoms with Crippen molar-refractivity contribution in [1.82, 2.24) is 14.5 Å². The minimum absolute atomic E-state index is 0.0895. The van der Waals surface area contributed by atoms with Crippen LogP contribution in [0.1, 0.15) is 11.1 Å². The SMILES string of the molecule is Cc1ccc(-c2ncco2)cc1Nc1nc(=O)c(Cl)cn1Cc1ccc(F)c(F)c1. The zero-order chi connectivity index (χ0) is 21.3. The van der Waals surface area contributed by atoms with Crippen molar-refractivity contribution >= 4 is 23.2 Å². The predicted molar refractivity (Wildman–Crippen MR) is 109 cm³/mol. The van der Waals surface area contributed by atoms with E-state index in [9.17, 15) is 13.6 Å². The van der Waals surface area contributed by atoms with Gasteiger partial charge in [0, 0.05) is 17.4 Å². The minimum Gasteiger partial charge on any atom is -0.445 e. The number of halogens is 3. The lowest BCUT2D eigenvalue weighted by Gasteiger charge is -2.16. The van der Waals surface area contributed by atoms with E-state index in [1.807, 2.05) is 25.1 Å². The number of benzene rings is 2. The number of anilines is 2. The molecule has 0 aliphatic heterocycles. The van der Waals surface area contributed by atoms with Gasteiger partial charge >= 0.3 is 0 Å². The molecule has 2 heterocycles. The number of nitrogens with zero attached hydrogens (tertiary/aromatic N) is 3. The largest absolute Gasteiger partial charge is 0.445 e. The molecular weight excluding hydrogens is 414 g/mol. The fourth-order valence-corrected chi connectivity index (χ4v) is 3.06. The van der Waals surface area contributed by atoms with E-state index in [0.717, 1.165) is 23.3 Å². The van der Waals surface area contributed by atoms with E-state index < -0.39 is 17.2 Å². The topological polar surface area (TPSA) is 73.0 Å². The van der Waals surface area contributed by atoms with E-state index in [1.54, 1.807) is 10.8 Å². The first kappa shape index (κ1) is 19.8. The molecule has 0 fully saturated rings. The normalized spacial score (nSPS) is 10.9. The average Bonchev–Trinajstić information content (AvgIpc) is 3.25. The Morgan fingerprint density at radius 1 is 1.17 bits per heavy atom. The highest BCUT2D eigenvalue weighted by Gasteiger charge is 2.12. The predicted octanol–water partition coefficient (Wildman–Crippen LogP) is 4.93. The zero-order valence-electron chi connectivity index (χ0n) is 15.7. The maximum absolute atomic E-state index is 13.6. The summed E-state index contributed by atoms with van der Waals surface area (Å²) < 4.78 is 33.7. The second kappa shape index (κ2) is 8.08. The van der Waals surface area contributed by atoms with E-state index in [0.29, 0.717) is 17.1 Å². The van der Waals surface area contributed by atoms with Gasteiger partial charge in [-0.05, 0) is 42.3 Å². The summed E-state index contributed by atoms with van der Waals surface area (Å²) in [6.45, 7) is 2.00. The third kappa shape index (κ3) is 4.08. The molecular formula is C21H15ClF2N4O2. The van der Waals surface area contributed by atoms with Crippen LogP contribution in [0.5, 0.6) is 0 Å². The van der Waals surface area contributed by atoms with E-state index in [2.05, 4.69) is 15.3 Å². The lowest BCUT2D eigenvalue weighted by molar-refractivity contribution is 0.506. The first-order valence-electron chi connectivity index (χ1n) is 8.89. The van der Waals surface area contributed by atoms with Gasteiger partial charge in [0.05, 0.1) is 12.7 Å². The van der Waals surface area contributed by atoms with Gasteiger partial charge in [0.2, 0.25) is 11.8 Å². The molecule has 6 nitrogen and oxygen atoms in total. The molecule has 1 N–H and O–H groups in total. The Morgan fingerprint density at radius 3 is 2.73 bits per heavy atom. The number of aromatic nitrogens is 3. The van der Waals surface area contributed by atoms with E-state index >= 15 is 0 Å². The molecule has 0 amide bonds. The first-order chi connectivity index (χ1) is 14.4. The molecule has 0 unspecified atom stereocenters. The summed E-state index contributed by atoms with van der Waals surface area (Å²) in [4.78, 5) is 20.2. The van der Waals surface area contributed by atoms with Crippen LogP contribution in [0.3, 0.4) is 0 Å². The number of hydrogen-bond acceptors (Lipinski definition) is 5. The lowest BCUT2D eigenvalue weighted by atomic mass is 10.1. The van der Waals surface area contributed by atoms with Crippen LogP contribution in [0.2, 0.25) is 5.02 Å². The van der Waals surface area contributed by atoms with Gasteiger partial charge in [-0.25, -0.2) is 13.8 Å². The summed E-state index contributed by atoms with van der Waals surface area (Å²) in [5, 5.41) is 3.02. The molecule has 0 aliphatic rings. The molecule has 152 valence electrons. The monoisotopic (exact) mass is 428 g/mol. The van der Waals surface area contributed by atoms with E-state index in [4.69, 9.17) is 16.0 Å². The Balaban J connectivity index is 1.72. The molecule has 2 aromatic carbocycles. The molecule has 0 saturated heterocycles. The Kier molecular flexibility index (Phi) is 5.33. The maximum Gasteiger partial charge on any atom is 0.293 e. The summed E-state index contributed by atoms with van der Waals surface area (Å²) in [5.74, 6) is -1.26. The van der Waals surface area contributed by atoms with Gasteiger partial charge in [-0.15, -0.1) is 0 Å². The molecule has 9 heteroatoms. The fourth-order valence-electron chi connectivity index (χ4n) is 2.90. The Labute approximate surface area is 174 Å². The molecule has 0 radical (unpaired) electrons. The van der Waals surface area contributed by atoms with Crippen LogP contribution in [0, 0.1) is 18.6 Å². The molecule has 0 bridgehead atoms. The summed E-state index contributed by atoms with van der Waals surface area (Å²) in [6, 6.07) is 9.11. The van der Waals surface area contributed by atoms with Crippen LogP contribution < -0.4 is 10.9 Å². The molecule has 0 aliphatic carbocycles. The summed E-state index contributed by atoms with van der Waals surface area (Å²) in [7, 11) is 0. The van der Waals surface area contributed by atoms with Crippen LogP contribution in [-0.4, -0.2) is 14.5 Å². The van der Waals surface area contributed by atoms with Crippen molar-refractivity contribution in [2.24, 2.45) is 0 Å². The Bertz CT molecular complexity index is 1270. The van der Waals surface area contributed by atoms with Crippen LogP contribution >= 0.6 is 11.6 Å². The third-order valence-electron chi connectivity index (χ3n) is 4.45. The van der Waals surface area contributed by atoms with Crippen molar-refractivity contribution in [2.45, 2.75) is 13.5 Å². The molecule has 0 atom stereocenters. The molecule has 0 saturated carbocycles. The van der Waals surface area contributed by atoms with Crippen molar-refractivity contribution in [3.05, 3.63) is 93.2 Å². The van der Waals surface area contributed by atoms with Crippen LogP contribution in [0.25, 0.3) is 11.5 Å². The highest BCUT2D eigenvalue weighted by Crippen LogP contribution is 2.26. The average molecular weight is 429 g/mol. The first-order valence-corrected chi connectivity index (χ1v) is 9.27. The number of hydrogen-bond donors (Lipinski definition) is 1. The van der Waals surface area contributed by atoms with Crippen LogP contribution in [-0.2, 0) is 6.54 Å². The van der Waals surface area contributed by atoms with E-state index in [-0.39, 0.29) is 17.5 Å². The van der Waals surface area contributed by atoms with Gasteiger partial charge < -0.3 is 14.3 Å². The maximum atomic E-state index is 13.6. The molecule has 0 spiro atoms. The second-order valence-corrected chi connectivity index (χ2v) is 6.99. The fraction of sp³-hybridized carbons (Fsp3) is 0.0952. The molecule has 2 aromatic heterocycles. The van der Waals surface area contributed by atoms with Crippen LogP contribution in [0.15, 0.2) is 64.3 Å². The Morgan fingerprint density at radius 2 is 2.00 bits per heavy atom. The zero-order valence-corrected chi connectivity index (χ0v) is 16.5. The summed E-state index contributed by atoms with van der Waals surface area (Å²) in [5.41, 5.74) is 2.15. The molecule has 4 rings (SSSR count). The number of oxazole rings is 1. The number of aryl methyl sites for hydroxylation is 1. The number of rotatable bonds is 5. The van der Waals surface area contributed by atoms with Crippen molar-refractivity contribution in [1.29, 1.82) is 0 Å². The lowest BCUT2D eigenvalue weighted by Crippen LogP contribution is -2.18. The van der Waals surface area contributed by atoms with Crippen LogP contribution in [0.4, 0.5) is 20.4 Å². The highest BCUT2D eigenvalue weighted by atomic mass is 35.5. The number of nitrogens with one attached hydrogen (secondary N) is 1. The van der Waals surface area contributed by atoms with Crippen molar-refractivity contribution in [3.63, 3.8) is 0 Å². The Hall–Kier alpha value is -3.52. The van der Waals surface area contributed by atoms with Gasteiger partial charge in [0.15, 0.2) is 11.6 Å². The molecule has 4 aromatic rings. The summed E-state index contributed by atoms with van der Waals surface area (Å²) >= 11 is 5.96. The van der Waals surface area contributed by atoms with Gasteiger partial charge in [-0.2, -0.15) is 4.98 Å². The van der Waals surface area contributed by atoms with Crippen molar-refractivity contribution in [2.75, 3.05) is 5.32 Å². The third-order valence-corrected chi connectivity index (χ3v) is 4.71. The van der Waals surface area contributed by atoms with Gasteiger partial charge in [0.1, 0.15) is 11.3 Å².